The van der Waals surface area contributed by atoms with E-state index in [1.165, 1.54) is 121 Å². The Hall–Kier alpha value is -5.74. The van der Waals surface area contributed by atoms with E-state index in [-0.39, 0.29) is 11.6 Å². The number of halogens is 3. The number of likely N-dealkylation sites (tertiary alicyclic amines) is 1. The Kier molecular flexibility index (Phi) is 17.7. The van der Waals surface area contributed by atoms with Crippen molar-refractivity contribution in [3.05, 3.63) is 155 Å². The molecule has 4 heterocycles. The molecule has 1 aliphatic heterocycles. The molecule has 9 aliphatic rings. The number of hydrogen-bond donors (Lipinski definition) is 0. The molecule has 7 nitrogen and oxygen atoms in total. The molecule has 82 heavy (non-hydrogen) atoms. The highest BCUT2D eigenvalue weighted by Crippen LogP contribution is 2.56. The third-order valence-electron chi connectivity index (χ3n) is 21.6. The number of carbonyl (C=O) groups excluding carboxylic acids is 3. The second kappa shape index (κ2) is 25.6. The van der Waals surface area contributed by atoms with Crippen molar-refractivity contribution in [2.24, 2.45) is 82.9 Å². The van der Waals surface area contributed by atoms with Crippen LogP contribution in [-0.4, -0.2) is 50.4 Å². The number of hydrogen-bond acceptors (Lipinski definition) is 6. The van der Waals surface area contributed by atoms with Gasteiger partial charge in [-0.25, -0.2) is 8.78 Å². The molecule has 8 aliphatic carbocycles. The van der Waals surface area contributed by atoms with Gasteiger partial charge in [0, 0.05) is 79.4 Å². The lowest BCUT2D eigenvalue weighted by molar-refractivity contribution is -0.128. The summed E-state index contributed by atoms with van der Waals surface area (Å²) < 4.78 is 28.0. The number of aromatic nitrogens is 3. The Bertz CT molecular complexity index is 3140. The summed E-state index contributed by atoms with van der Waals surface area (Å²) in [4.78, 5) is 52.3. The van der Waals surface area contributed by atoms with Crippen molar-refractivity contribution in [3.63, 3.8) is 0 Å². The molecular weight excluding hydrogens is 1090 g/mol. The summed E-state index contributed by atoms with van der Waals surface area (Å²) in [6, 6.07) is 25.7. The standard InChI is InChI=1S/C26H29FN2O.C26H28FNO.C20H24BrNO/c1-29-25-14-18-5-2-3-8-22(18)23(24(25)15-26(29)30)12-11-21-10-9-19(16-28-21)17-6-4-7-20(27)13-17;27-21-6-3-5-17(13-21)19-8-9-22(28-16-19)10-11-25-24-7-2-1-4-18(24)12-20-14-23(29)15-26(20)25;21-15-5-6-16(22-12-15)7-8-19-18-4-2-1-3-13(18)9-14-10-17(23)11-20(14)19/h4,6-7,9-13,16,18,22-25H,2-3,5,8,14-15H2,1H3;3,5-6,8-11,13,16,18,20,24-26H,1-2,4,7,12,14-15H2;5-8,12-14,18-20H,1-4,9-11H2/b12-11+;11-10+;8-7+/t18-,22+,23-,24+,25-;18-,20-,24+,25-,26-;13-,14-,18+,19-,20-/m000/s1. The Labute approximate surface area is 493 Å². The summed E-state index contributed by atoms with van der Waals surface area (Å²) >= 11 is 3.44. The number of amides is 1. The summed E-state index contributed by atoms with van der Waals surface area (Å²) in [6.07, 6.45) is 42.8. The second-order valence-corrected chi connectivity index (χ2v) is 27.1. The van der Waals surface area contributed by atoms with E-state index in [9.17, 15) is 23.2 Å². The summed E-state index contributed by atoms with van der Waals surface area (Å²) in [5.41, 5.74) is 6.40. The number of allylic oxidation sites excluding steroid dienone is 3. The zero-order valence-corrected chi connectivity index (χ0v) is 49.3. The lowest BCUT2D eigenvalue weighted by Crippen LogP contribution is -2.45. The number of fused-ring (bicyclic) bond motifs is 6. The van der Waals surface area contributed by atoms with Crippen LogP contribution in [0.3, 0.4) is 0 Å². The van der Waals surface area contributed by atoms with E-state index in [1.54, 1.807) is 12.1 Å². The number of ketones is 2. The molecule has 428 valence electrons. The Morgan fingerprint density at radius 3 is 1.30 bits per heavy atom. The number of rotatable bonds is 8. The van der Waals surface area contributed by atoms with Crippen LogP contribution in [0.1, 0.15) is 145 Å². The smallest absolute Gasteiger partial charge is 0.222 e. The van der Waals surface area contributed by atoms with Crippen molar-refractivity contribution in [2.45, 2.75) is 134 Å². The molecular formula is C72H81BrF2N4O3. The average molecular weight is 1170 g/mol. The van der Waals surface area contributed by atoms with Gasteiger partial charge in [0.25, 0.3) is 0 Å². The fraction of sp³-hybridized carbons (Fsp3) is 0.500. The van der Waals surface area contributed by atoms with Gasteiger partial charge in [-0.2, -0.15) is 0 Å². The van der Waals surface area contributed by atoms with E-state index in [0.717, 1.165) is 99.1 Å². The van der Waals surface area contributed by atoms with Gasteiger partial charge in [-0.1, -0.05) is 112 Å². The van der Waals surface area contributed by atoms with Crippen molar-refractivity contribution in [2.75, 3.05) is 7.05 Å². The maximum absolute atomic E-state index is 13.5. The zero-order valence-electron chi connectivity index (χ0n) is 47.7. The van der Waals surface area contributed by atoms with Crippen molar-refractivity contribution in [3.8, 4) is 22.3 Å². The van der Waals surface area contributed by atoms with Crippen LogP contribution in [0.4, 0.5) is 8.78 Å². The molecule has 10 heteroatoms. The van der Waals surface area contributed by atoms with Crippen LogP contribution >= 0.6 is 15.9 Å². The van der Waals surface area contributed by atoms with Crippen LogP contribution in [-0.2, 0) is 14.4 Å². The molecule has 9 fully saturated rings. The van der Waals surface area contributed by atoms with E-state index in [2.05, 4.69) is 73.4 Å². The van der Waals surface area contributed by atoms with Gasteiger partial charge in [-0.15, -0.1) is 0 Å². The molecule has 14 rings (SSSR count). The van der Waals surface area contributed by atoms with Gasteiger partial charge in [0.2, 0.25) is 5.91 Å². The molecule has 0 bridgehead atoms. The van der Waals surface area contributed by atoms with E-state index in [1.807, 2.05) is 73.0 Å². The SMILES string of the molecule is CN1C(=O)C[C@@H]2[C@@H](/C=C/c3ccc(-c4cccc(F)c4)cn3)[C@@H]3CCCC[C@H]3C[C@@H]21.O=C1C[C@@H]2C[C@@H]3CCCC[C@H]3[C@H](/C=C/c3ccc(-c4cccc(F)c4)cn3)[C@H]2C1.O=C1C[C@@H]2C[C@@H]3CCCC[C@H]3[C@H](/C=C/c3ccc(Br)cn3)[C@H]2C1. The maximum Gasteiger partial charge on any atom is 0.222 e. The molecule has 15 atom stereocenters. The molecule has 0 radical (unpaired) electrons. The first-order valence-electron chi connectivity index (χ1n) is 31.4. The van der Waals surface area contributed by atoms with E-state index in [4.69, 9.17) is 0 Å². The molecule has 1 saturated heterocycles. The van der Waals surface area contributed by atoms with Crippen molar-refractivity contribution in [1.29, 1.82) is 0 Å². The number of pyridine rings is 3. The molecule has 1 amide bonds. The van der Waals surface area contributed by atoms with E-state index in [0.29, 0.717) is 83.2 Å². The normalized spacial score (nSPS) is 32.9. The van der Waals surface area contributed by atoms with Crippen LogP contribution in [0.5, 0.6) is 0 Å². The quantitative estimate of drug-likeness (QED) is 0.154. The van der Waals surface area contributed by atoms with E-state index >= 15 is 0 Å². The first-order valence-corrected chi connectivity index (χ1v) is 32.2. The molecule has 5 aromatic rings. The maximum atomic E-state index is 13.5. The largest absolute Gasteiger partial charge is 0.342 e. The van der Waals surface area contributed by atoms with E-state index < -0.39 is 0 Å². The third kappa shape index (κ3) is 12.8. The van der Waals surface area contributed by atoms with Gasteiger partial charge in [0.05, 0.1) is 17.1 Å². The Balaban J connectivity index is 0.000000123. The van der Waals surface area contributed by atoms with Gasteiger partial charge in [-0.3, -0.25) is 29.3 Å². The van der Waals surface area contributed by atoms with Crippen LogP contribution in [0.2, 0.25) is 0 Å². The molecule has 2 aromatic carbocycles. The minimum atomic E-state index is -0.235. The van der Waals surface area contributed by atoms with Gasteiger partial charge in [-0.05, 0) is 215 Å². The van der Waals surface area contributed by atoms with Crippen molar-refractivity contribution < 1.29 is 23.2 Å². The van der Waals surface area contributed by atoms with Crippen LogP contribution < -0.4 is 0 Å². The zero-order chi connectivity index (χ0) is 56.3. The summed E-state index contributed by atoms with van der Waals surface area (Å²) in [5, 5.41) is 0. The number of Topliss-reactive ketones (excluding diaryl/α,β-unsaturated/α-hetero) is 2. The number of nitrogens with zero attached hydrogens (tertiary/aromatic N) is 4. The fourth-order valence-corrected chi connectivity index (χ4v) is 18.0. The highest BCUT2D eigenvalue weighted by atomic mass is 79.9. The van der Waals surface area contributed by atoms with Gasteiger partial charge < -0.3 is 4.90 Å². The minimum Gasteiger partial charge on any atom is -0.342 e. The lowest BCUT2D eigenvalue weighted by atomic mass is 9.58. The van der Waals surface area contributed by atoms with Crippen molar-refractivity contribution in [1.82, 2.24) is 19.9 Å². The molecule has 8 saturated carbocycles. The predicted molar refractivity (Wildman–Crippen MR) is 326 cm³/mol. The number of benzene rings is 2. The van der Waals surface area contributed by atoms with Crippen molar-refractivity contribution >= 4 is 51.6 Å². The summed E-state index contributed by atoms with van der Waals surface area (Å²) in [7, 11) is 1.99. The van der Waals surface area contributed by atoms with Gasteiger partial charge in [0.15, 0.2) is 0 Å². The lowest BCUT2D eigenvalue weighted by Gasteiger charge is -2.47. The highest BCUT2D eigenvalue weighted by molar-refractivity contribution is 9.10. The first kappa shape index (κ1) is 56.7. The Morgan fingerprint density at radius 2 is 0.878 bits per heavy atom. The average Bonchev–Trinajstić information content (AvgIpc) is 4.13. The molecule has 0 N–H and O–H groups in total. The Morgan fingerprint density at radius 1 is 0.451 bits per heavy atom. The number of carbonyl (C=O) groups is 3. The van der Waals surface area contributed by atoms with Gasteiger partial charge >= 0.3 is 0 Å². The molecule has 3 aromatic heterocycles. The monoisotopic (exact) mass is 1170 g/mol. The van der Waals surface area contributed by atoms with Crippen LogP contribution in [0.15, 0.2) is 126 Å². The minimum absolute atomic E-state index is 0.230. The third-order valence-corrected chi connectivity index (χ3v) is 22.1. The second-order valence-electron chi connectivity index (χ2n) is 26.2. The molecule has 0 unspecified atom stereocenters. The van der Waals surface area contributed by atoms with Crippen LogP contribution in [0.25, 0.3) is 40.5 Å². The van der Waals surface area contributed by atoms with Gasteiger partial charge in [0.1, 0.15) is 23.2 Å². The molecule has 0 spiro atoms. The fourth-order valence-electron chi connectivity index (χ4n) is 17.8. The highest BCUT2D eigenvalue weighted by Gasteiger charge is 2.52. The topological polar surface area (TPSA) is 93.1 Å². The van der Waals surface area contributed by atoms with Crippen LogP contribution in [0, 0.1) is 94.5 Å². The summed E-state index contributed by atoms with van der Waals surface area (Å²) in [6.45, 7) is 0. The summed E-state index contributed by atoms with van der Waals surface area (Å²) in [5.74, 6) is 9.77. The predicted octanol–water partition coefficient (Wildman–Crippen LogP) is 17.2. The first-order chi connectivity index (χ1) is 40.0.